The van der Waals surface area contributed by atoms with Crippen LogP contribution in [0.3, 0.4) is 0 Å². The lowest BCUT2D eigenvalue weighted by atomic mass is 10.0. The molecular formula is C19H25N3OS. The van der Waals surface area contributed by atoms with E-state index in [2.05, 4.69) is 31.0 Å². The van der Waals surface area contributed by atoms with E-state index < -0.39 is 0 Å². The van der Waals surface area contributed by atoms with Crippen molar-refractivity contribution in [1.82, 2.24) is 10.3 Å². The van der Waals surface area contributed by atoms with Gasteiger partial charge in [-0.15, -0.1) is 0 Å². The summed E-state index contributed by atoms with van der Waals surface area (Å²) >= 11 is 1.97. The van der Waals surface area contributed by atoms with Crippen LogP contribution in [0.2, 0.25) is 0 Å². The Balaban J connectivity index is 1.99. The van der Waals surface area contributed by atoms with Crippen molar-refractivity contribution in [3.63, 3.8) is 0 Å². The van der Waals surface area contributed by atoms with E-state index in [1.807, 2.05) is 42.1 Å². The fraction of sp³-hybridized carbons (Fsp3) is 0.474. The number of pyridine rings is 1. The van der Waals surface area contributed by atoms with Crippen molar-refractivity contribution < 1.29 is 4.79 Å². The third-order valence-electron chi connectivity index (χ3n) is 4.64. The van der Waals surface area contributed by atoms with Crippen LogP contribution in [0.4, 0.5) is 5.82 Å². The summed E-state index contributed by atoms with van der Waals surface area (Å²) in [5, 5.41) is 4.05. The van der Waals surface area contributed by atoms with Gasteiger partial charge in [-0.05, 0) is 25.0 Å². The number of anilines is 1. The molecular weight excluding hydrogens is 318 g/mol. The van der Waals surface area contributed by atoms with Gasteiger partial charge in [-0.25, -0.2) is 4.98 Å². The second-order valence-electron chi connectivity index (χ2n) is 6.65. The first-order valence-electron chi connectivity index (χ1n) is 8.59. The number of hydrogen-bond acceptors (Lipinski definition) is 4. The van der Waals surface area contributed by atoms with Crippen molar-refractivity contribution >= 4 is 34.4 Å². The van der Waals surface area contributed by atoms with Gasteiger partial charge in [0.2, 0.25) is 0 Å². The Morgan fingerprint density at radius 2 is 1.92 bits per heavy atom. The van der Waals surface area contributed by atoms with Gasteiger partial charge in [0.15, 0.2) is 0 Å². The van der Waals surface area contributed by atoms with Gasteiger partial charge in [-0.1, -0.05) is 32.0 Å². The van der Waals surface area contributed by atoms with E-state index in [0.29, 0.717) is 5.92 Å². The number of hydrogen-bond donors (Lipinski definition) is 1. The number of rotatable bonds is 4. The van der Waals surface area contributed by atoms with Crippen LogP contribution in [0.5, 0.6) is 0 Å². The van der Waals surface area contributed by atoms with Crippen LogP contribution in [-0.2, 0) is 0 Å². The van der Waals surface area contributed by atoms with Crippen molar-refractivity contribution in [1.29, 1.82) is 0 Å². The average molecular weight is 343 g/mol. The maximum atomic E-state index is 12.8. The lowest BCUT2D eigenvalue weighted by Gasteiger charge is -2.28. The zero-order valence-electron chi connectivity index (χ0n) is 14.6. The first-order valence-corrected chi connectivity index (χ1v) is 9.75. The van der Waals surface area contributed by atoms with Gasteiger partial charge in [0, 0.05) is 36.0 Å². The van der Waals surface area contributed by atoms with Gasteiger partial charge < -0.3 is 10.2 Å². The topological polar surface area (TPSA) is 45.2 Å². The molecule has 128 valence electrons. The van der Waals surface area contributed by atoms with Gasteiger partial charge >= 0.3 is 0 Å². The Hall–Kier alpha value is -1.75. The predicted molar refractivity (Wildman–Crippen MR) is 103 cm³/mol. The minimum absolute atomic E-state index is 0.0116. The number of nitrogens with one attached hydrogen (secondary N) is 1. The molecule has 3 rings (SSSR count). The fourth-order valence-corrected chi connectivity index (χ4v) is 3.66. The maximum Gasteiger partial charge on any atom is 0.252 e. The van der Waals surface area contributed by atoms with E-state index in [-0.39, 0.29) is 11.9 Å². The predicted octanol–water partition coefficient (Wildman–Crippen LogP) is 3.56. The highest BCUT2D eigenvalue weighted by atomic mass is 32.2. The first kappa shape index (κ1) is 17.1. The molecule has 1 aromatic carbocycles. The van der Waals surface area contributed by atoms with Crippen LogP contribution in [0.25, 0.3) is 10.9 Å². The van der Waals surface area contributed by atoms with Crippen molar-refractivity contribution in [2.75, 3.05) is 29.5 Å². The van der Waals surface area contributed by atoms with E-state index in [4.69, 9.17) is 4.98 Å². The third kappa shape index (κ3) is 3.66. The van der Waals surface area contributed by atoms with Crippen LogP contribution in [0.1, 0.15) is 31.1 Å². The fourth-order valence-electron chi connectivity index (χ4n) is 2.75. The van der Waals surface area contributed by atoms with Gasteiger partial charge in [0.1, 0.15) is 5.82 Å². The second-order valence-corrected chi connectivity index (χ2v) is 7.88. The number of para-hydroxylation sites is 1. The minimum Gasteiger partial charge on any atom is -0.355 e. The smallest absolute Gasteiger partial charge is 0.252 e. The molecule has 0 spiro atoms. The van der Waals surface area contributed by atoms with E-state index in [9.17, 15) is 4.79 Å². The van der Waals surface area contributed by atoms with E-state index in [1.165, 1.54) is 0 Å². The summed E-state index contributed by atoms with van der Waals surface area (Å²) in [7, 11) is 0. The molecule has 1 amide bonds. The summed E-state index contributed by atoms with van der Waals surface area (Å²) in [6.45, 7) is 8.26. The average Bonchev–Trinajstić information content (AvgIpc) is 2.61. The molecule has 2 aromatic rings. The molecule has 1 aromatic heterocycles. The van der Waals surface area contributed by atoms with Crippen LogP contribution < -0.4 is 10.2 Å². The molecule has 4 nitrogen and oxygen atoms in total. The van der Waals surface area contributed by atoms with Crippen molar-refractivity contribution in [3.05, 3.63) is 35.9 Å². The molecule has 2 heterocycles. The van der Waals surface area contributed by atoms with Gasteiger partial charge in [0.05, 0.1) is 11.1 Å². The summed E-state index contributed by atoms with van der Waals surface area (Å²) in [5.74, 6) is 3.53. The van der Waals surface area contributed by atoms with Crippen LogP contribution in [0.15, 0.2) is 30.3 Å². The number of benzene rings is 1. The lowest BCUT2D eigenvalue weighted by Crippen LogP contribution is -2.37. The quantitative estimate of drug-likeness (QED) is 0.922. The van der Waals surface area contributed by atoms with Crippen molar-refractivity contribution in [2.45, 2.75) is 26.8 Å². The van der Waals surface area contributed by atoms with Crippen molar-refractivity contribution in [3.8, 4) is 0 Å². The molecule has 1 fully saturated rings. The minimum atomic E-state index is -0.0116. The molecule has 0 bridgehead atoms. The second kappa shape index (κ2) is 7.43. The summed E-state index contributed by atoms with van der Waals surface area (Å²) in [5.41, 5.74) is 1.61. The van der Waals surface area contributed by atoms with E-state index in [1.54, 1.807) is 0 Å². The first-order chi connectivity index (χ1) is 11.6. The number of thioether (sulfide) groups is 1. The summed E-state index contributed by atoms with van der Waals surface area (Å²) in [6, 6.07) is 10.0. The monoisotopic (exact) mass is 343 g/mol. The van der Waals surface area contributed by atoms with Crippen molar-refractivity contribution in [2.24, 2.45) is 5.92 Å². The molecule has 1 unspecified atom stereocenters. The Labute approximate surface area is 148 Å². The molecule has 0 aliphatic carbocycles. The molecule has 1 saturated heterocycles. The van der Waals surface area contributed by atoms with Gasteiger partial charge in [-0.2, -0.15) is 11.8 Å². The van der Waals surface area contributed by atoms with E-state index >= 15 is 0 Å². The third-order valence-corrected chi connectivity index (χ3v) is 5.58. The highest BCUT2D eigenvalue weighted by molar-refractivity contribution is 7.99. The Morgan fingerprint density at radius 3 is 2.62 bits per heavy atom. The molecule has 0 saturated carbocycles. The van der Waals surface area contributed by atoms with Gasteiger partial charge in [-0.3, -0.25) is 4.79 Å². The van der Waals surface area contributed by atoms with Gasteiger partial charge in [0.25, 0.3) is 5.91 Å². The molecule has 1 atom stereocenters. The molecule has 1 aliphatic heterocycles. The number of aromatic nitrogens is 1. The Morgan fingerprint density at radius 1 is 1.21 bits per heavy atom. The normalized spacial score (nSPS) is 16.4. The zero-order chi connectivity index (χ0) is 17.1. The number of fused-ring (bicyclic) bond motifs is 1. The molecule has 0 radical (unpaired) electrons. The molecule has 24 heavy (non-hydrogen) atoms. The van der Waals surface area contributed by atoms with Crippen LogP contribution in [0, 0.1) is 5.92 Å². The molecule has 5 heteroatoms. The Kier molecular flexibility index (Phi) is 5.29. The maximum absolute atomic E-state index is 12.8. The Bertz CT molecular complexity index is 726. The largest absolute Gasteiger partial charge is 0.355 e. The summed E-state index contributed by atoms with van der Waals surface area (Å²) < 4.78 is 0. The number of carbonyl (C=O) groups is 1. The summed E-state index contributed by atoms with van der Waals surface area (Å²) in [4.78, 5) is 19.9. The number of carbonyl (C=O) groups excluding carboxylic acids is 1. The highest BCUT2D eigenvalue weighted by Crippen LogP contribution is 2.25. The molecule has 1 N–H and O–H groups in total. The highest BCUT2D eigenvalue weighted by Gasteiger charge is 2.19. The lowest BCUT2D eigenvalue weighted by molar-refractivity contribution is 0.0932. The number of amides is 1. The standard InChI is InChI=1S/C19H25N3OS/c1-13(2)14(3)20-19(23)16-12-18(22-8-10-24-11-9-22)21-17-7-5-4-6-15(16)17/h4-7,12-14H,8-11H2,1-3H3,(H,20,23). The van der Waals surface area contributed by atoms with Crippen LogP contribution >= 0.6 is 11.8 Å². The SMILES string of the molecule is CC(C)C(C)NC(=O)c1cc(N2CCSCC2)nc2ccccc12. The van der Waals surface area contributed by atoms with Crippen LogP contribution in [-0.4, -0.2) is 41.5 Å². The van der Waals surface area contributed by atoms with E-state index in [0.717, 1.165) is 46.9 Å². The number of nitrogens with zero attached hydrogens (tertiary/aromatic N) is 2. The molecule has 1 aliphatic rings. The summed E-state index contributed by atoms with van der Waals surface area (Å²) in [6.07, 6.45) is 0. The zero-order valence-corrected chi connectivity index (χ0v) is 15.4.